The molecule has 4 aromatic rings. The largest absolute Gasteiger partial charge is 0.0610 e. The van der Waals surface area contributed by atoms with Crippen LogP contribution in [0.5, 0.6) is 0 Å². The average molecular weight is 302 g/mol. The van der Waals surface area contributed by atoms with Gasteiger partial charge in [-0.3, -0.25) is 0 Å². The third-order valence-electron chi connectivity index (χ3n) is 5.30. The second-order valence-electron chi connectivity index (χ2n) is 6.72. The van der Waals surface area contributed by atoms with Crippen molar-refractivity contribution in [3.63, 3.8) is 0 Å². The summed E-state index contributed by atoms with van der Waals surface area (Å²) in [6.07, 6.45) is 13.0. The molecule has 0 amide bonds. The lowest BCUT2D eigenvalue weighted by atomic mass is 9.96. The molecule has 24 heavy (non-hydrogen) atoms. The lowest BCUT2D eigenvalue weighted by molar-refractivity contribution is 1.65. The van der Waals surface area contributed by atoms with Crippen molar-refractivity contribution in [2.45, 2.75) is 0 Å². The van der Waals surface area contributed by atoms with Gasteiger partial charge in [-0.1, -0.05) is 48.6 Å². The summed E-state index contributed by atoms with van der Waals surface area (Å²) >= 11 is 0. The van der Waals surface area contributed by atoms with E-state index in [0.717, 1.165) is 0 Å². The SMILES string of the molecule is C1=Cc2cc3cc4cc5c6c(ccc5cc4cc3cc2=C1)=CC=C6. The van der Waals surface area contributed by atoms with Crippen molar-refractivity contribution in [3.8, 4) is 0 Å². The summed E-state index contributed by atoms with van der Waals surface area (Å²) < 4.78 is 0. The van der Waals surface area contributed by atoms with Gasteiger partial charge in [0.05, 0.1) is 0 Å². The smallest absolute Gasteiger partial charge is 0.00990 e. The Bertz CT molecular complexity index is 1380. The van der Waals surface area contributed by atoms with Gasteiger partial charge in [0.15, 0.2) is 0 Å². The highest BCUT2D eigenvalue weighted by Crippen LogP contribution is 2.29. The van der Waals surface area contributed by atoms with Crippen LogP contribution >= 0.6 is 0 Å². The monoisotopic (exact) mass is 302 g/mol. The van der Waals surface area contributed by atoms with Crippen molar-refractivity contribution < 1.29 is 0 Å². The Hall–Kier alpha value is -3.12. The first-order chi connectivity index (χ1) is 11.8. The second kappa shape index (κ2) is 4.24. The molecule has 0 atom stereocenters. The summed E-state index contributed by atoms with van der Waals surface area (Å²) in [5, 5.41) is 10.6. The number of rotatable bonds is 0. The standard InChI is InChI=1S/C24H14/c1-4-16-9-19-12-21-11-18-8-7-15-3-2-6-23(15)24(18)14-22(21)13-20(19)10-17(16)5-1/h1-14H. The summed E-state index contributed by atoms with van der Waals surface area (Å²) in [5.41, 5.74) is 2.67. The van der Waals surface area contributed by atoms with Crippen LogP contribution in [-0.4, -0.2) is 0 Å². The normalized spacial score (nSPS) is 14.2. The number of allylic oxidation sites excluding steroid dienone is 2. The molecule has 0 heteroatoms. The van der Waals surface area contributed by atoms with E-state index < -0.39 is 0 Å². The molecule has 0 saturated carbocycles. The highest BCUT2D eigenvalue weighted by molar-refractivity contribution is 6.07. The van der Waals surface area contributed by atoms with Crippen molar-refractivity contribution in [2.75, 3.05) is 0 Å². The van der Waals surface area contributed by atoms with Crippen LogP contribution in [0, 0.1) is 0 Å². The van der Waals surface area contributed by atoms with Crippen LogP contribution in [-0.2, 0) is 0 Å². The molecule has 0 nitrogen and oxygen atoms in total. The molecule has 2 aliphatic rings. The first kappa shape index (κ1) is 12.3. The molecule has 0 radical (unpaired) electrons. The maximum Gasteiger partial charge on any atom is -0.00990 e. The lowest BCUT2D eigenvalue weighted by Gasteiger charge is -2.08. The molecule has 0 bridgehead atoms. The number of fused-ring (bicyclic) bond motifs is 6. The minimum Gasteiger partial charge on any atom is -0.0610 e. The predicted molar refractivity (Wildman–Crippen MR) is 105 cm³/mol. The maximum atomic E-state index is 2.35. The number of hydrogen-bond acceptors (Lipinski definition) is 0. The molecule has 0 heterocycles. The first-order valence-electron chi connectivity index (χ1n) is 8.36. The van der Waals surface area contributed by atoms with Crippen LogP contribution in [0.15, 0.2) is 60.7 Å². The zero-order valence-electron chi connectivity index (χ0n) is 13.1. The summed E-state index contributed by atoms with van der Waals surface area (Å²) in [5.74, 6) is 0. The molecule has 0 fully saturated rings. The highest BCUT2D eigenvalue weighted by atomic mass is 14.1. The van der Waals surface area contributed by atoms with Gasteiger partial charge < -0.3 is 0 Å². The molecule has 0 aromatic heterocycles. The van der Waals surface area contributed by atoms with E-state index in [0.29, 0.717) is 0 Å². The Labute approximate surface area is 139 Å². The van der Waals surface area contributed by atoms with Gasteiger partial charge in [-0.2, -0.15) is 0 Å². The van der Waals surface area contributed by atoms with E-state index in [1.807, 2.05) is 0 Å². The van der Waals surface area contributed by atoms with E-state index in [4.69, 9.17) is 0 Å². The fourth-order valence-corrected chi connectivity index (χ4v) is 4.07. The van der Waals surface area contributed by atoms with Gasteiger partial charge >= 0.3 is 0 Å². The fourth-order valence-electron chi connectivity index (χ4n) is 4.07. The van der Waals surface area contributed by atoms with Crippen LogP contribution in [0.4, 0.5) is 0 Å². The van der Waals surface area contributed by atoms with E-state index in [1.54, 1.807) is 0 Å². The third-order valence-corrected chi connectivity index (χ3v) is 5.30. The Morgan fingerprint density at radius 2 is 1.21 bits per heavy atom. The number of benzene rings is 4. The van der Waals surface area contributed by atoms with Gasteiger partial charge in [-0.15, -0.1) is 0 Å². The van der Waals surface area contributed by atoms with Crippen LogP contribution in [0.2, 0.25) is 0 Å². The molecular formula is C24H14. The van der Waals surface area contributed by atoms with E-state index in [2.05, 4.69) is 85.0 Å². The van der Waals surface area contributed by atoms with Gasteiger partial charge in [0.2, 0.25) is 0 Å². The van der Waals surface area contributed by atoms with E-state index >= 15 is 0 Å². The second-order valence-corrected chi connectivity index (χ2v) is 6.72. The van der Waals surface area contributed by atoms with Gasteiger partial charge in [0.1, 0.15) is 0 Å². The summed E-state index contributed by atoms with van der Waals surface area (Å²) in [6.45, 7) is 0. The quantitative estimate of drug-likeness (QED) is 0.411. The zero-order chi connectivity index (χ0) is 15.7. The molecule has 6 rings (SSSR count). The Kier molecular flexibility index (Phi) is 2.18. The van der Waals surface area contributed by atoms with Crippen molar-refractivity contribution in [2.24, 2.45) is 0 Å². The third kappa shape index (κ3) is 1.58. The molecule has 0 N–H and O–H groups in total. The Morgan fingerprint density at radius 1 is 0.500 bits per heavy atom. The van der Waals surface area contributed by atoms with E-state index in [9.17, 15) is 0 Å². The van der Waals surface area contributed by atoms with Crippen molar-refractivity contribution in [1.82, 2.24) is 0 Å². The van der Waals surface area contributed by atoms with Crippen molar-refractivity contribution in [3.05, 3.63) is 82.2 Å². The minimum atomic E-state index is 1.31. The molecule has 0 unspecified atom stereocenters. The van der Waals surface area contributed by atoms with Crippen LogP contribution in [0.25, 0.3) is 56.6 Å². The van der Waals surface area contributed by atoms with Crippen LogP contribution < -0.4 is 10.4 Å². The molecule has 0 aliphatic heterocycles. The first-order valence-corrected chi connectivity index (χ1v) is 8.36. The fraction of sp³-hybridized carbons (Fsp3) is 0. The van der Waals surface area contributed by atoms with E-state index in [1.165, 1.54) is 53.9 Å². The molecule has 0 saturated heterocycles. The minimum absolute atomic E-state index is 1.31. The summed E-state index contributed by atoms with van der Waals surface area (Å²) in [6, 6.07) is 18.4. The van der Waals surface area contributed by atoms with Gasteiger partial charge in [0, 0.05) is 0 Å². The van der Waals surface area contributed by atoms with Gasteiger partial charge in [-0.25, -0.2) is 0 Å². The zero-order valence-corrected chi connectivity index (χ0v) is 13.1. The summed E-state index contributed by atoms with van der Waals surface area (Å²) in [4.78, 5) is 0. The van der Waals surface area contributed by atoms with Crippen LogP contribution in [0.1, 0.15) is 11.1 Å². The molecule has 0 spiro atoms. The Morgan fingerprint density at radius 3 is 2.17 bits per heavy atom. The predicted octanol–water partition coefficient (Wildman–Crippen LogP) is 4.76. The molecular weight excluding hydrogens is 288 g/mol. The van der Waals surface area contributed by atoms with Gasteiger partial charge in [0.25, 0.3) is 0 Å². The number of hydrogen-bond donors (Lipinski definition) is 0. The molecule has 110 valence electrons. The lowest BCUT2D eigenvalue weighted by Crippen LogP contribution is -2.02. The Balaban J connectivity index is 1.76. The highest BCUT2D eigenvalue weighted by Gasteiger charge is 2.07. The molecule has 4 aromatic carbocycles. The topological polar surface area (TPSA) is 0 Å². The summed E-state index contributed by atoms with van der Waals surface area (Å²) in [7, 11) is 0. The van der Waals surface area contributed by atoms with Gasteiger partial charge in [-0.05, 0) is 90.3 Å². The van der Waals surface area contributed by atoms with E-state index in [-0.39, 0.29) is 0 Å². The van der Waals surface area contributed by atoms with Crippen molar-refractivity contribution in [1.29, 1.82) is 0 Å². The average Bonchev–Trinajstić information content (AvgIpc) is 3.24. The van der Waals surface area contributed by atoms with Crippen LogP contribution in [0.3, 0.4) is 0 Å². The van der Waals surface area contributed by atoms with Crippen molar-refractivity contribution >= 4 is 56.6 Å². The maximum absolute atomic E-state index is 2.35. The molecule has 2 aliphatic carbocycles.